The molecule has 22 heavy (non-hydrogen) atoms. The van der Waals surface area contributed by atoms with Gasteiger partial charge in [-0.3, -0.25) is 4.57 Å². The van der Waals surface area contributed by atoms with Crippen LogP contribution in [-0.4, -0.2) is 9.79 Å². The number of aromatic nitrogens is 2. The van der Waals surface area contributed by atoms with Crippen molar-refractivity contribution >= 4 is 13.8 Å². The lowest BCUT2D eigenvalue weighted by atomic mass is 10.1. The van der Waals surface area contributed by atoms with Crippen molar-refractivity contribution in [3.63, 3.8) is 0 Å². The smallest absolute Gasteiger partial charge is 0.392 e. The summed E-state index contributed by atoms with van der Waals surface area (Å²) in [4.78, 5) is 18.3. The molecule has 0 aliphatic carbocycles. The van der Waals surface area contributed by atoms with E-state index in [0.717, 1.165) is 11.1 Å². The average molecular weight is 452 g/mol. The zero-order chi connectivity index (χ0) is 14.8. The summed E-state index contributed by atoms with van der Waals surface area (Å²) in [6, 6.07) is 7.57. The Morgan fingerprint density at radius 3 is 1.82 bits per heavy atom. The molecule has 0 spiro atoms. The molecule has 5 nitrogen and oxygen atoms in total. The molecule has 0 bridgehead atoms. The van der Waals surface area contributed by atoms with E-state index in [0.29, 0.717) is 0 Å². The van der Waals surface area contributed by atoms with Gasteiger partial charge in [0.2, 0.25) is 0 Å². The van der Waals surface area contributed by atoms with Crippen LogP contribution in [-0.2, 0) is 4.57 Å². The molecule has 0 saturated carbocycles. The second kappa shape index (κ2) is 8.70. The fraction of sp³-hybridized carbons (Fsp3) is 0.143. The van der Waals surface area contributed by atoms with Gasteiger partial charge in [-0.1, -0.05) is 0 Å². The second-order valence-corrected chi connectivity index (χ2v) is 6.40. The molecule has 8 heteroatoms. The summed E-state index contributed by atoms with van der Waals surface area (Å²) in [6.45, 7) is 5.17. The molecular formula is C14H17Br2N2O3P. The van der Waals surface area contributed by atoms with Crippen LogP contribution in [0.2, 0.25) is 0 Å². The van der Waals surface area contributed by atoms with Crippen molar-refractivity contribution in [1.29, 1.82) is 0 Å². The van der Waals surface area contributed by atoms with E-state index < -0.39 is 13.4 Å². The molecule has 0 aliphatic heterocycles. The van der Waals surface area contributed by atoms with E-state index in [4.69, 9.17) is 9.79 Å². The van der Waals surface area contributed by atoms with Crippen LogP contribution < -0.4 is 43.1 Å². The van der Waals surface area contributed by atoms with E-state index in [1.807, 2.05) is 41.2 Å². The summed E-state index contributed by atoms with van der Waals surface area (Å²) >= 11 is 0. The minimum absolute atomic E-state index is 0. The minimum Gasteiger partial charge on any atom is -1.00 e. The summed E-state index contributed by atoms with van der Waals surface area (Å²) in [5, 5.41) is 0. The molecule has 0 fully saturated rings. The Hall–Kier alpha value is -0.850. The molecule has 0 aliphatic rings. The van der Waals surface area contributed by atoms with Crippen molar-refractivity contribution in [2.24, 2.45) is 0 Å². The van der Waals surface area contributed by atoms with Crippen LogP contribution in [0.15, 0.2) is 55.6 Å². The summed E-state index contributed by atoms with van der Waals surface area (Å²) in [6.07, 6.45) is 8.83. The molecule has 2 rings (SSSR count). The molecule has 2 aromatic rings. The van der Waals surface area contributed by atoms with Crippen LogP contribution in [0.1, 0.15) is 12.7 Å². The second-order valence-electron chi connectivity index (χ2n) is 4.47. The summed E-state index contributed by atoms with van der Waals surface area (Å²) < 4.78 is 14.6. The third-order valence-corrected chi connectivity index (χ3v) is 4.41. The van der Waals surface area contributed by atoms with Crippen LogP contribution in [0, 0.1) is 0 Å². The fourth-order valence-corrected chi connectivity index (χ4v) is 2.31. The lowest BCUT2D eigenvalue weighted by molar-refractivity contribution is -0.701. The summed E-state index contributed by atoms with van der Waals surface area (Å²) in [5.74, 6) is -0.866. The maximum Gasteiger partial charge on any atom is 0.392 e. The Balaban J connectivity index is 0.00000220. The topological polar surface area (TPSA) is 65.3 Å². The van der Waals surface area contributed by atoms with Gasteiger partial charge in [0.25, 0.3) is 5.78 Å². The lowest BCUT2D eigenvalue weighted by Crippen LogP contribution is -3.00. The molecule has 2 aromatic heterocycles. The number of hydrogen-bond donors (Lipinski definition) is 2. The molecule has 2 N–H and O–H groups in total. The molecule has 0 amide bonds. The number of hydrogen-bond acceptors (Lipinski definition) is 1. The van der Waals surface area contributed by atoms with Gasteiger partial charge >= 0.3 is 7.60 Å². The van der Waals surface area contributed by atoms with E-state index in [1.165, 1.54) is 11.5 Å². The molecular weight excluding hydrogens is 435 g/mol. The normalized spacial score (nSPS) is 11.8. The van der Waals surface area contributed by atoms with E-state index in [9.17, 15) is 4.57 Å². The zero-order valence-corrected chi connectivity index (χ0v) is 15.9. The first kappa shape index (κ1) is 21.1. The van der Waals surface area contributed by atoms with Gasteiger partial charge < -0.3 is 43.7 Å². The monoisotopic (exact) mass is 450 g/mol. The van der Waals surface area contributed by atoms with Crippen LogP contribution in [0.5, 0.6) is 0 Å². The van der Waals surface area contributed by atoms with Gasteiger partial charge in [0.05, 0.1) is 0 Å². The van der Waals surface area contributed by atoms with Gasteiger partial charge in [0, 0.05) is 31.2 Å². The van der Waals surface area contributed by atoms with Gasteiger partial charge in [-0.15, -0.1) is 0 Å². The first-order valence-corrected chi connectivity index (χ1v) is 7.80. The summed E-state index contributed by atoms with van der Waals surface area (Å²) in [7, 11) is -4.13. The number of pyridine rings is 2. The molecule has 2 heterocycles. The van der Waals surface area contributed by atoms with Crippen LogP contribution in [0.3, 0.4) is 0 Å². The van der Waals surface area contributed by atoms with E-state index in [2.05, 4.69) is 6.58 Å². The van der Waals surface area contributed by atoms with Gasteiger partial charge in [0.1, 0.15) is 0 Å². The Labute approximate surface area is 150 Å². The van der Waals surface area contributed by atoms with Crippen LogP contribution >= 0.6 is 7.60 Å². The van der Waals surface area contributed by atoms with E-state index >= 15 is 0 Å². The number of nitrogens with zero attached hydrogens (tertiary/aromatic N) is 2. The van der Waals surface area contributed by atoms with Crippen molar-refractivity contribution in [2.75, 3.05) is 0 Å². The third-order valence-electron chi connectivity index (χ3n) is 3.17. The highest BCUT2D eigenvalue weighted by atomic mass is 79.9. The largest absolute Gasteiger partial charge is 1.00 e. The Kier molecular flexibility index (Phi) is 8.36. The van der Waals surface area contributed by atoms with Gasteiger partial charge in [-0.25, -0.2) is 0 Å². The highest BCUT2D eigenvalue weighted by Crippen LogP contribution is 2.45. The maximum absolute atomic E-state index is 11.2. The predicted octanol–water partition coefficient (Wildman–Crippen LogP) is -4.27. The zero-order valence-electron chi connectivity index (χ0n) is 11.9. The van der Waals surface area contributed by atoms with Crippen LogP contribution in [0.25, 0.3) is 17.3 Å². The Morgan fingerprint density at radius 2 is 1.45 bits per heavy atom. The highest BCUT2D eigenvalue weighted by molar-refractivity contribution is 7.51. The molecule has 0 aromatic carbocycles. The van der Waals surface area contributed by atoms with Gasteiger partial charge in [-0.2, -0.15) is 9.13 Å². The fourth-order valence-electron chi connectivity index (χ4n) is 1.81. The average Bonchev–Trinajstić information content (AvgIpc) is 2.46. The predicted molar refractivity (Wildman–Crippen MR) is 75.4 cm³/mol. The number of halogens is 2. The van der Waals surface area contributed by atoms with E-state index in [1.54, 1.807) is 18.6 Å². The first-order chi connectivity index (χ1) is 9.41. The summed E-state index contributed by atoms with van der Waals surface area (Å²) in [5.41, 5.74) is 2.01. The molecule has 120 valence electrons. The number of rotatable bonds is 4. The SMILES string of the molecule is C=C[n+]1ccc(-c2cc[n+](C(C)P(=O)(O)O)cc2)cc1.[Br-].[Br-]. The van der Waals surface area contributed by atoms with Gasteiger partial charge in [-0.05, 0) is 17.7 Å². The minimum atomic E-state index is -4.13. The molecule has 0 radical (unpaired) electrons. The standard InChI is InChI=1S/C14H15N2O3P.2BrH/c1-3-15-8-4-13(5-9-15)14-6-10-16(11-7-14)12(2)20(17,18)19;;/h3-12H,1H2,2H3;2*1H. The quantitative estimate of drug-likeness (QED) is 0.365. The van der Waals surface area contributed by atoms with Crippen molar-refractivity contribution in [3.8, 4) is 11.1 Å². The molecule has 1 unspecified atom stereocenters. The maximum atomic E-state index is 11.2. The Bertz CT molecular complexity index is 657. The first-order valence-electron chi connectivity index (χ1n) is 6.11. The lowest BCUT2D eigenvalue weighted by Gasteiger charge is -2.08. The van der Waals surface area contributed by atoms with E-state index in [-0.39, 0.29) is 34.0 Å². The third kappa shape index (κ3) is 5.11. The van der Waals surface area contributed by atoms with Gasteiger partial charge in [0.15, 0.2) is 31.0 Å². The molecule has 0 saturated heterocycles. The Morgan fingerprint density at radius 1 is 1.05 bits per heavy atom. The molecule has 1 atom stereocenters. The van der Waals surface area contributed by atoms with Crippen LogP contribution in [0.4, 0.5) is 0 Å². The van der Waals surface area contributed by atoms with Crippen molar-refractivity contribution in [3.05, 3.63) is 55.6 Å². The van der Waals surface area contributed by atoms with Crippen molar-refractivity contribution < 1.29 is 57.4 Å². The highest BCUT2D eigenvalue weighted by Gasteiger charge is 2.32. The van der Waals surface area contributed by atoms with Crippen molar-refractivity contribution in [2.45, 2.75) is 12.7 Å². The van der Waals surface area contributed by atoms with Crippen molar-refractivity contribution in [1.82, 2.24) is 0 Å².